The molecule has 2 aromatic heterocycles. The van der Waals surface area contributed by atoms with Crippen LogP contribution in [0.3, 0.4) is 0 Å². The second kappa shape index (κ2) is 6.43. The smallest absolute Gasteiger partial charge is 0.387 e. The highest BCUT2D eigenvalue weighted by atomic mass is 19.3. The minimum atomic E-state index is -3.01. The summed E-state index contributed by atoms with van der Waals surface area (Å²) in [6, 6.07) is 8.75. The van der Waals surface area contributed by atoms with Crippen LogP contribution >= 0.6 is 0 Å². The molecule has 5 rings (SSSR count). The van der Waals surface area contributed by atoms with Crippen molar-refractivity contribution in [2.24, 2.45) is 5.92 Å². The van der Waals surface area contributed by atoms with E-state index < -0.39 is 6.61 Å². The van der Waals surface area contributed by atoms with Gasteiger partial charge in [0.05, 0.1) is 16.6 Å². The van der Waals surface area contributed by atoms with E-state index in [-0.39, 0.29) is 23.3 Å². The molecule has 1 saturated carbocycles. The van der Waals surface area contributed by atoms with Crippen LogP contribution in [-0.4, -0.2) is 33.0 Å². The van der Waals surface area contributed by atoms with E-state index in [1.807, 2.05) is 23.6 Å². The van der Waals surface area contributed by atoms with Crippen molar-refractivity contribution in [2.45, 2.75) is 39.0 Å². The third kappa shape index (κ3) is 2.99. The van der Waals surface area contributed by atoms with Crippen LogP contribution in [0.4, 0.5) is 14.6 Å². The van der Waals surface area contributed by atoms with Crippen LogP contribution in [0.15, 0.2) is 36.5 Å². The lowest BCUT2D eigenvalue weighted by Crippen LogP contribution is -2.34. The molecular formula is C21H20F2N4O2. The normalized spacial score (nSPS) is 17.2. The predicted octanol–water partition coefficient (Wildman–Crippen LogP) is 3.96. The lowest BCUT2D eigenvalue weighted by atomic mass is 10.1. The van der Waals surface area contributed by atoms with Crippen molar-refractivity contribution in [3.8, 4) is 11.4 Å². The lowest BCUT2D eigenvalue weighted by Gasteiger charge is -2.24. The number of aromatic nitrogens is 2. The number of fused-ring (bicyclic) bond motifs is 2. The molecule has 1 atom stereocenters. The molecule has 0 radical (unpaired) electrons. The number of benzene rings is 1. The summed E-state index contributed by atoms with van der Waals surface area (Å²) in [7, 11) is 0. The molecule has 0 unspecified atom stereocenters. The third-order valence-corrected chi connectivity index (χ3v) is 5.84. The van der Waals surface area contributed by atoms with Crippen molar-refractivity contribution < 1.29 is 18.3 Å². The first-order chi connectivity index (χ1) is 13.9. The first kappa shape index (κ1) is 17.9. The maximum absolute atomic E-state index is 13.1. The van der Waals surface area contributed by atoms with E-state index in [0.717, 1.165) is 18.4 Å². The summed E-state index contributed by atoms with van der Waals surface area (Å²) < 4.78 is 32.8. The van der Waals surface area contributed by atoms with Crippen LogP contribution in [-0.2, 0) is 6.54 Å². The summed E-state index contributed by atoms with van der Waals surface area (Å²) in [6.07, 6.45) is 3.99. The Morgan fingerprint density at radius 3 is 2.76 bits per heavy atom. The number of nitrogens with zero attached hydrogens (tertiary/aromatic N) is 3. The number of ether oxygens (including phenoxy) is 1. The molecule has 1 aliphatic heterocycles. The Bertz CT molecular complexity index is 1120. The van der Waals surface area contributed by atoms with Gasteiger partial charge in [-0.15, -0.1) is 0 Å². The molecule has 0 spiro atoms. The van der Waals surface area contributed by atoms with Gasteiger partial charge in [0.1, 0.15) is 11.6 Å². The topological polar surface area (TPSA) is 73.4 Å². The van der Waals surface area contributed by atoms with Gasteiger partial charge >= 0.3 is 6.61 Å². The Hall–Kier alpha value is -3.16. The zero-order valence-electron chi connectivity index (χ0n) is 15.8. The zero-order valence-corrected chi connectivity index (χ0v) is 15.8. The Balaban J connectivity index is 1.62. The van der Waals surface area contributed by atoms with Crippen molar-refractivity contribution in [1.29, 1.82) is 0 Å². The molecule has 2 aliphatic rings. The Kier molecular flexibility index (Phi) is 3.97. The maximum Gasteiger partial charge on any atom is 0.387 e. The van der Waals surface area contributed by atoms with Crippen molar-refractivity contribution in [2.75, 3.05) is 5.73 Å². The molecule has 0 saturated heterocycles. The summed E-state index contributed by atoms with van der Waals surface area (Å²) in [5.41, 5.74) is 8.79. The Morgan fingerprint density at radius 2 is 2.03 bits per heavy atom. The van der Waals surface area contributed by atoms with Gasteiger partial charge in [0.15, 0.2) is 0 Å². The predicted molar refractivity (Wildman–Crippen MR) is 104 cm³/mol. The molecule has 150 valence electrons. The van der Waals surface area contributed by atoms with Gasteiger partial charge in [0.25, 0.3) is 5.91 Å². The van der Waals surface area contributed by atoms with E-state index in [0.29, 0.717) is 35.0 Å². The first-order valence-electron chi connectivity index (χ1n) is 9.59. The largest absolute Gasteiger partial charge is 0.434 e. The van der Waals surface area contributed by atoms with E-state index in [1.54, 1.807) is 23.2 Å². The fraction of sp³-hybridized carbons (Fsp3) is 0.333. The molecule has 6 nitrogen and oxygen atoms in total. The monoisotopic (exact) mass is 398 g/mol. The number of halogens is 2. The number of carbonyl (C=O) groups is 1. The lowest BCUT2D eigenvalue weighted by molar-refractivity contribution is -0.0501. The fourth-order valence-electron chi connectivity index (χ4n) is 4.17. The Labute approximate surface area is 165 Å². The highest BCUT2D eigenvalue weighted by molar-refractivity contribution is 6.01. The third-order valence-electron chi connectivity index (χ3n) is 5.84. The van der Waals surface area contributed by atoms with Crippen molar-refractivity contribution in [3.05, 3.63) is 47.7 Å². The van der Waals surface area contributed by atoms with E-state index in [2.05, 4.69) is 4.98 Å². The Morgan fingerprint density at radius 1 is 1.24 bits per heavy atom. The molecule has 1 aliphatic carbocycles. The molecular weight excluding hydrogens is 378 g/mol. The number of carbonyl (C=O) groups excluding carboxylic acids is 1. The van der Waals surface area contributed by atoms with Gasteiger partial charge in [-0.05, 0) is 55.5 Å². The number of hydrogen-bond acceptors (Lipinski definition) is 4. The molecule has 3 aromatic rings. The number of amides is 1. The molecule has 2 N–H and O–H groups in total. The highest BCUT2D eigenvalue weighted by Gasteiger charge is 2.40. The second-order valence-corrected chi connectivity index (χ2v) is 7.69. The number of anilines is 1. The highest BCUT2D eigenvalue weighted by Crippen LogP contribution is 2.41. The molecule has 0 bridgehead atoms. The molecule has 1 fully saturated rings. The van der Waals surface area contributed by atoms with Gasteiger partial charge < -0.3 is 19.9 Å². The standard InChI is InChI=1S/C21H20F2N4O2/c1-11(12-2-3-12)27-10-13-8-14(9-17(29-21(22)23)19(13)20(27)28)26-7-6-15-16(26)4-5-18(24)25-15/h4-9,11-12,21H,2-3,10H2,1H3,(H2,24,25)/t11-/m0/s1. The zero-order chi connectivity index (χ0) is 20.3. The van der Waals surface area contributed by atoms with Crippen LogP contribution in [0.5, 0.6) is 5.75 Å². The van der Waals surface area contributed by atoms with E-state index in [1.165, 1.54) is 6.07 Å². The van der Waals surface area contributed by atoms with Crippen LogP contribution in [0.2, 0.25) is 0 Å². The summed E-state index contributed by atoms with van der Waals surface area (Å²) in [6.45, 7) is -0.602. The summed E-state index contributed by atoms with van der Waals surface area (Å²) in [5.74, 6) is 0.556. The van der Waals surface area contributed by atoms with Crippen molar-refractivity contribution >= 4 is 22.8 Å². The second-order valence-electron chi connectivity index (χ2n) is 7.69. The van der Waals surface area contributed by atoms with Crippen LogP contribution in [0.25, 0.3) is 16.7 Å². The molecule has 1 amide bonds. The van der Waals surface area contributed by atoms with Gasteiger partial charge in [-0.2, -0.15) is 8.78 Å². The van der Waals surface area contributed by atoms with Crippen LogP contribution < -0.4 is 10.5 Å². The molecule has 29 heavy (non-hydrogen) atoms. The summed E-state index contributed by atoms with van der Waals surface area (Å²) in [5, 5.41) is 0. The number of pyridine rings is 1. The van der Waals surface area contributed by atoms with E-state index in [9.17, 15) is 13.6 Å². The first-order valence-corrected chi connectivity index (χ1v) is 9.59. The molecule has 8 heteroatoms. The van der Waals surface area contributed by atoms with Crippen molar-refractivity contribution in [3.63, 3.8) is 0 Å². The van der Waals surface area contributed by atoms with Crippen LogP contribution in [0.1, 0.15) is 35.7 Å². The van der Waals surface area contributed by atoms with Gasteiger partial charge in [-0.3, -0.25) is 4.79 Å². The number of nitrogen functional groups attached to an aromatic ring is 1. The van der Waals surface area contributed by atoms with Crippen molar-refractivity contribution in [1.82, 2.24) is 14.5 Å². The maximum atomic E-state index is 13.1. The van der Waals surface area contributed by atoms with Crippen LogP contribution in [0, 0.1) is 5.92 Å². The number of alkyl halides is 2. The fourth-order valence-corrected chi connectivity index (χ4v) is 4.17. The van der Waals surface area contributed by atoms with E-state index >= 15 is 0 Å². The van der Waals surface area contributed by atoms with Gasteiger partial charge in [0.2, 0.25) is 0 Å². The summed E-state index contributed by atoms with van der Waals surface area (Å²) in [4.78, 5) is 19.0. The number of hydrogen-bond donors (Lipinski definition) is 1. The minimum Gasteiger partial charge on any atom is -0.434 e. The number of rotatable bonds is 5. The average Bonchev–Trinajstić information content (AvgIpc) is 3.35. The number of nitrogens with two attached hydrogens (primary N) is 1. The quantitative estimate of drug-likeness (QED) is 0.706. The van der Waals surface area contributed by atoms with Gasteiger partial charge in [-0.25, -0.2) is 4.98 Å². The van der Waals surface area contributed by atoms with E-state index in [4.69, 9.17) is 10.5 Å². The minimum absolute atomic E-state index is 0.0809. The van der Waals surface area contributed by atoms with Gasteiger partial charge in [0, 0.05) is 30.5 Å². The SMILES string of the molecule is C[C@@H](C1CC1)N1Cc2cc(-n3ccc4nc(N)ccc43)cc(OC(F)F)c2C1=O. The molecule has 1 aromatic carbocycles. The molecule has 3 heterocycles. The summed E-state index contributed by atoms with van der Waals surface area (Å²) >= 11 is 0. The average molecular weight is 398 g/mol. The van der Waals surface area contributed by atoms with Gasteiger partial charge in [-0.1, -0.05) is 0 Å².